The molecule has 0 saturated carbocycles. The van der Waals surface area contributed by atoms with Crippen molar-refractivity contribution in [2.24, 2.45) is 5.14 Å². The number of sulfonamides is 1. The van der Waals surface area contributed by atoms with Crippen LogP contribution in [0.4, 0.5) is 0 Å². The number of rotatable bonds is 4. The van der Waals surface area contributed by atoms with Crippen LogP contribution in [0.2, 0.25) is 0 Å². The fraction of sp³-hybridized carbons (Fsp3) is 0.444. The minimum atomic E-state index is -4.03. The second-order valence-corrected chi connectivity index (χ2v) is 5.84. The van der Waals surface area contributed by atoms with Gasteiger partial charge in [-0.1, -0.05) is 0 Å². The Hall–Kier alpha value is -1.12. The largest absolute Gasteiger partial charge is 0.494 e. The normalized spacial score (nSPS) is 11.6. The highest BCUT2D eigenvalue weighted by Gasteiger charge is 2.28. The highest BCUT2D eigenvalue weighted by Crippen LogP contribution is 2.33. The molecule has 0 unspecified atom stereocenters. The number of hydrogen-bond acceptors (Lipinski definition) is 6. The van der Waals surface area contributed by atoms with E-state index in [9.17, 15) is 13.2 Å². The van der Waals surface area contributed by atoms with E-state index in [0.29, 0.717) is 0 Å². The second-order valence-electron chi connectivity index (χ2n) is 3.46. The van der Waals surface area contributed by atoms with E-state index in [-0.39, 0.29) is 21.6 Å². The van der Waals surface area contributed by atoms with Gasteiger partial charge in [0, 0.05) is 5.38 Å². The van der Waals surface area contributed by atoms with E-state index in [4.69, 9.17) is 14.6 Å². The van der Waals surface area contributed by atoms with Crippen LogP contribution in [0.3, 0.4) is 0 Å². The van der Waals surface area contributed by atoms with Crippen molar-refractivity contribution < 1.29 is 22.7 Å². The van der Waals surface area contributed by atoms with Gasteiger partial charge in [0.25, 0.3) is 0 Å². The fourth-order valence-electron chi connectivity index (χ4n) is 1.15. The minimum absolute atomic E-state index is 0.0493. The van der Waals surface area contributed by atoms with Crippen molar-refractivity contribution in [3.8, 4) is 5.75 Å². The minimum Gasteiger partial charge on any atom is -0.494 e. The number of hydrogen-bond donors (Lipinski definition) is 1. The molecular weight excluding hydrogens is 266 g/mol. The zero-order valence-electron chi connectivity index (χ0n) is 9.59. The van der Waals surface area contributed by atoms with Gasteiger partial charge in [0.1, 0.15) is 9.77 Å². The molecule has 0 bridgehead atoms. The average Bonchev–Trinajstić information content (AvgIpc) is 2.58. The van der Waals surface area contributed by atoms with Gasteiger partial charge < -0.3 is 9.47 Å². The Morgan fingerprint density at radius 3 is 2.47 bits per heavy atom. The van der Waals surface area contributed by atoms with Crippen LogP contribution in [0.15, 0.2) is 10.3 Å². The molecule has 0 aromatic carbocycles. The van der Waals surface area contributed by atoms with Crippen LogP contribution in [0.5, 0.6) is 5.75 Å². The monoisotopic (exact) mass is 279 g/mol. The Bertz CT molecular complexity index is 517. The molecule has 17 heavy (non-hydrogen) atoms. The molecule has 96 valence electrons. The summed E-state index contributed by atoms with van der Waals surface area (Å²) in [4.78, 5) is 11.3. The summed E-state index contributed by atoms with van der Waals surface area (Å²) >= 11 is 0.919. The molecule has 1 aromatic heterocycles. The molecule has 2 N–H and O–H groups in total. The van der Waals surface area contributed by atoms with E-state index in [1.165, 1.54) is 12.5 Å². The van der Waals surface area contributed by atoms with E-state index in [2.05, 4.69) is 0 Å². The van der Waals surface area contributed by atoms with Crippen molar-refractivity contribution in [1.82, 2.24) is 0 Å². The van der Waals surface area contributed by atoms with Gasteiger partial charge in [-0.3, -0.25) is 0 Å². The molecule has 0 saturated heterocycles. The molecule has 0 atom stereocenters. The first-order chi connectivity index (χ1) is 7.77. The molecule has 0 aliphatic heterocycles. The maximum Gasteiger partial charge on any atom is 0.350 e. The summed E-state index contributed by atoms with van der Waals surface area (Å²) in [5, 5.41) is 6.44. The van der Waals surface area contributed by atoms with Gasteiger partial charge in [0.15, 0.2) is 5.75 Å². The Kier molecular flexibility index (Phi) is 4.12. The van der Waals surface area contributed by atoms with Crippen LogP contribution in [0.25, 0.3) is 0 Å². The number of carbonyl (C=O) groups excluding carboxylic acids is 1. The zero-order chi connectivity index (χ0) is 13.2. The first kappa shape index (κ1) is 13.9. The van der Waals surface area contributed by atoms with Crippen molar-refractivity contribution in [3.63, 3.8) is 0 Å². The van der Waals surface area contributed by atoms with Crippen LogP contribution in [0.1, 0.15) is 23.5 Å². The van der Waals surface area contributed by atoms with Crippen molar-refractivity contribution in [1.29, 1.82) is 0 Å². The van der Waals surface area contributed by atoms with Gasteiger partial charge in [0.05, 0.1) is 13.2 Å². The lowest BCUT2D eigenvalue weighted by Gasteiger charge is -2.08. The summed E-state index contributed by atoms with van der Waals surface area (Å²) in [6, 6.07) is 0. The van der Waals surface area contributed by atoms with E-state index >= 15 is 0 Å². The number of thiophene rings is 1. The number of nitrogens with two attached hydrogens (primary N) is 1. The van der Waals surface area contributed by atoms with Gasteiger partial charge in [-0.05, 0) is 13.8 Å². The fourth-order valence-corrected chi connectivity index (χ4v) is 3.27. The summed E-state index contributed by atoms with van der Waals surface area (Å²) in [5.74, 6) is -0.675. The van der Waals surface area contributed by atoms with Gasteiger partial charge in [-0.2, -0.15) is 0 Å². The third-order valence-corrected chi connectivity index (χ3v) is 3.79. The molecule has 0 aliphatic carbocycles. The average molecular weight is 279 g/mol. The Morgan fingerprint density at radius 2 is 2.06 bits per heavy atom. The van der Waals surface area contributed by atoms with Crippen molar-refractivity contribution in [3.05, 3.63) is 10.3 Å². The standard InChI is InChI=1S/C9H13NO5S2/c1-5(2)15-9(11)7-8(17(10,12)13)6(14-3)4-16-7/h4-5H,1-3H3,(H2,10,12,13). The summed E-state index contributed by atoms with van der Waals surface area (Å²) < 4.78 is 32.5. The lowest BCUT2D eigenvalue weighted by atomic mass is 10.4. The smallest absolute Gasteiger partial charge is 0.350 e. The predicted molar refractivity (Wildman–Crippen MR) is 62.8 cm³/mol. The quantitative estimate of drug-likeness (QED) is 0.828. The molecule has 0 spiro atoms. The summed E-state index contributed by atoms with van der Waals surface area (Å²) in [6.45, 7) is 3.33. The molecule has 0 radical (unpaired) electrons. The van der Waals surface area contributed by atoms with Crippen molar-refractivity contribution >= 4 is 27.3 Å². The van der Waals surface area contributed by atoms with E-state index < -0.39 is 16.0 Å². The summed E-state index contributed by atoms with van der Waals surface area (Å²) in [6.07, 6.45) is -0.344. The molecule has 0 amide bonds. The lowest BCUT2D eigenvalue weighted by molar-refractivity contribution is 0.0379. The maximum atomic E-state index is 11.7. The summed E-state index contributed by atoms with van der Waals surface area (Å²) in [7, 11) is -2.73. The molecule has 1 rings (SSSR count). The first-order valence-corrected chi connectivity index (χ1v) is 7.09. The lowest BCUT2D eigenvalue weighted by Crippen LogP contribution is -2.18. The third kappa shape index (κ3) is 3.18. The number of methoxy groups -OCH3 is 1. The number of primary sulfonamides is 1. The highest BCUT2D eigenvalue weighted by atomic mass is 32.2. The first-order valence-electron chi connectivity index (χ1n) is 4.66. The van der Waals surface area contributed by atoms with Crippen LogP contribution in [-0.2, 0) is 14.8 Å². The topological polar surface area (TPSA) is 95.7 Å². The molecular formula is C9H13NO5S2. The van der Waals surface area contributed by atoms with Crippen molar-refractivity contribution in [2.75, 3.05) is 7.11 Å². The Labute approximate surface area is 103 Å². The van der Waals surface area contributed by atoms with Crippen LogP contribution in [-0.4, -0.2) is 27.6 Å². The van der Waals surface area contributed by atoms with Crippen LogP contribution >= 0.6 is 11.3 Å². The third-order valence-electron chi connectivity index (χ3n) is 1.75. The molecule has 1 heterocycles. The van der Waals surface area contributed by atoms with Gasteiger partial charge >= 0.3 is 5.97 Å². The molecule has 0 aliphatic rings. The Balaban J connectivity index is 3.27. The summed E-state index contributed by atoms with van der Waals surface area (Å²) in [5.41, 5.74) is 0. The van der Waals surface area contributed by atoms with E-state index in [1.54, 1.807) is 13.8 Å². The molecule has 6 nitrogen and oxygen atoms in total. The Morgan fingerprint density at radius 1 is 1.47 bits per heavy atom. The van der Waals surface area contributed by atoms with Gasteiger partial charge in [-0.25, -0.2) is 18.4 Å². The molecule has 8 heteroatoms. The highest BCUT2D eigenvalue weighted by molar-refractivity contribution is 7.89. The SMILES string of the molecule is COc1csc(C(=O)OC(C)C)c1S(N)(=O)=O. The second kappa shape index (κ2) is 5.03. The van der Waals surface area contributed by atoms with Crippen LogP contribution < -0.4 is 9.88 Å². The van der Waals surface area contributed by atoms with Crippen LogP contribution in [0, 0.1) is 0 Å². The maximum absolute atomic E-state index is 11.7. The zero-order valence-corrected chi connectivity index (χ0v) is 11.2. The number of carbonyl (C=O) groups is 1. The van der Waals surface area contributed by atoms with E-state index in [0.717, 1.165) is 11.3 Å². The van der Waals surface area contributed by atoms with E-state index in [1.807, 2.05) is 0 Å². The van der Waals surface area contributed by atoms with Gasteiger partial charge in [0.2, 0.25) is 10.0 Å². The number of ether oxygens (including phenoxy) is 2. The van der Waals surface area contributed by atoms with Crippen molar-refractivity contribution in [2.45, 2.75) is 24.8 Å². The molecule has 0 fully saturated rings. The van der Waals surface area contributed by atoms with Gasteiger partial charge in [-0.15, -0.1) is 11.3 Å². The number of esters is 1. The predicted octanol–water partition coefficient (Wildman–Crippen LogP) is 0.969. The molecule has 1 aromatic rings.